The van der Waals surface area contributed by atoms with Crippen molar-refractivity contribution >= 4 is 23.7 Å². The SMILES string of the molecule is C/C(=C\CNC(=O)c1cccc(F)c1NC(=O)OCC1c2ccccc2-c2ccccc21)C(=O)O. The number of carboxylic acids is 1. The Balaban J connectivity index is 1.45. The fourth-order valence-corrected chi connectivity index (χ4v) is 4.06. The summed E-state index contributed by atoms with van der Waals surface area (Å²) < 4.78 is 20.0. The molecule has 0 unspecified atom stereocenters. The summed E-state index contributed by atoms with van der Waals surface area (Å²) in [6.07, 6.45) is 0.422. The first kappa shape index (κ1) is 23.7. The maximum Gasteiger partial charge on any atom is 0.411 e. The summed E-state index contributed by atoms with van der Waals surface area (Å²) >= 11 is 0. The largest absolute Gasteiger partial charge is 0.478 e. The number of para-hydroxylation sites is 1. The first-order valence-corrected chi connectivity index (χ1v) is 11.0. The summed E-state index contributed by atoms with van der Waals surface area (Å²) in [5, 5.41) is 13.7. The van der Waals surface area contributed by atoms with Crippen LogP contribution in [0.1, 0.15) is 34.3 Å². The number of aliphatic carboxylic acids is 1. The second kappa shape index (κ2) is 10.2. The van der Waals surface area contributed by atoms with Gasteiger partial charge < -0.3 is 15.2 Å². The number of fused-ring (bicyclic) bond motifs is 3. The van der Waals surface area contributed by atoms with Crippen LogP contribution in [0.15, 0.2) is 78.4 Å². The Hall–Kier alpha value is -4.46. The van der Waals surface area contributed by atoms with Crippen molar-refractivity contribution < 1.29 is 28.6 Å². The number of carbonyl (C=O) groups is 3. The minimum atomic E-state index is -1.11. The molecule has 0 fully saturated rings. The highest BCUT2D eigenvalue weighted by molar-refractivity contribution is 6.03. The molecule has 35 heavy (non-hydrogen) atoms. The van der Waals surface area contributed by atoms with E-state index in [4.69, 9.17) is 9.84 Å². The van der Waals surface area contributed by atoms with E-state index in [9.17, 15) is 18.8 Å². The van der Waals surface area contributed by atoms with Crippen LogP contribution in [-0.2, 0) is 9.53 Å². The maximum absolute atomic E-state index is 14.5. The predicted molar refractivity (Wildman–Crippen MR) is 129 cm³/mol. The number of hydrogen-bond acceptors (Lipinski definition) is 4. The van der Waals surface area contributed by atoms with Gasteiger partial charge in [0.15, 0.2) is 0 Å². The number of ether oxygens (including phenoxy) is 1. The average molecular weight is 474 g/mol. The molecule has 8 heteroatoms. The Kier molecular flexibility index (Phi) is 6.91. The van der Waals surface area contributed by atoms with Crippen molar-refractivity contribution in [3.63, 3.8) is 0 Å². The lowest BCUT2D eigenvalue weighted by atomic mass is 9.98. The lowest BCUT2D eigenvalue weighted by Gasteiger charge is -2.16. The minimum Gasteiger partial charge on any atom is -0.478 e. The van der Waals surface area contributed by atoms with E-state index in [0.29, 0.717) is 0 Å². The van der Waals surface area contributed by atoms with Gasteiger partial charge in [0.1, 0.15) is 12.4 Å². The van der Waals surface area contributed by atoms with E-state index in [1.54, 1.807) is 0 Å². The molecule has 1 aliphatic carbocycles. The Bertz CT molecular complexity index is 1290. The van der Waals surface area contributed by atoms with E-state index in [0.717, 1.165) is 28.3 Å². The summed E-state index contributed by atoms with van der Waals surface area (Å²) in [5.41, 5.74) is 3.87. The van der Waals surface area contributed by atoms with Crippen LogP contribution in [0.25, 0.3) is 11.1 Å². The van der Waals surface area contributed by atoms with Gasteiger partial charge in [0.25, 0.3) is 5.91 Å². The highest BCUT2D eigenvalue weighted by Crippen LogP contribution is 2.44. The quantitative estimate of drug-likeness (QED) is 0.421. The Morgan fingerprint density at radius 2 is 1.60 bits per heavy atom. The first-order chi connectivity index (χ1) is 16.9. The number of halogens is 1. The zero-order valence-corrected chi connectivity index (χ0v) is 18.9. The summed E-state index contributed by atoms with van der Waals surface area (Å²) in [6.45, 7) is 1.35. The topological polar surface area (TPSA) is 105 Å². The van der Waals surface area contributed by atoms with Crippen LogP contribution in [0.2, 0.25) is 0 Å². The third-order valence-corrected chi connectivity index (χ3v) is 5.84. The highest BCUT2D eigenvalue weighted by atomic mass is 19.1. The van der Waals surface area contributed by atoms with Gasteiger partial charge in [-0.1, -0.05) is 60.7 Å². The third-order valence-electron chi connectivity index (χ3n) is 5.84. The molecule has 0 aromatic heterocycles. The second-order valence-electron chi connectivity index (χ2n) is 8.02. The fraction of sp³-hybridized carbons (Fsp3) is 0.148. The zero-order valence-electron chi connectivity index (χ0n) is 18.9. The van der Waals surface area contributed by atoms with Crippen LogP contribution in [0.5, 0.6) is 0 Å². The maximum atomic E-state index is 14.5. The highest BCUT2D eigenvalue weighted by Gasteiger charge is 2.29. The summed E-state index contributed by atoms with van der Waals surface area (Å²) in [4.78, 5) is 36.0. The lowest BCUT2D eigenvalue weighted by molar-refractivity contribution is -0.132. The molecular weight excluding hydrogens is 451 g/mol. The van der Waals surface area contributed by atoms with E-state index in [1.807, 2.05) is 48.5 Å². The smallest absolute Gasteiger partial charge is 0.411 e. The van der Waals surface area contributed by atoms with Gasteiger partial charge >= 0.3 is 12.1 Å². The summed E-state index contributed by atoms with van der Waals surface area (Å²) in [6, 6.07) is 19.6. The van der Waals surface area contributed by atoms with Crippen LogP contribution < -0.4 is 10.6 Å². The van der Waals surface area contributed by atoms with Crippen molar-refractivity contribution in [1.29, 1.82) is 0 Å². The Morgan fingerprint density at radius 1 is 0.971 bits per heavy atom. The number of nitrogens with one attached hydrogen (secondary N) is 2. The van der Waals surface area contributed by atoms with Crippen LogP contribution in [0.4, 0.5) is 14.9 Å². The first-order valence-electron chi connectivity index (χ1n) is 11.0. The molecule has 0 bridgehead atoms. The minimum absolute atomic E-state index is 0.0368. The van der Waals surface area contributed by atoms with Gasteiger partial charge in [-0.2, -0.15) is 0 Å². The molecule has 4 rings (SSSR count). The molecule has 7 nitrogen and oxygen atoms in total. The molecule has 2 amide bonds. The van der Waals surface area contributed by atoms with E-state index >= 15 is 0 Å². The molecule has 0 saturated carbocycles. The van der Waals surface area contributed by atoms with Gasteiger partial charge in [-0.25, -0.2) is 14.0 Å². The number of carbonyl (C=O) groups excluding carboxylic acids is 2. The van der Waals surface area contributed by atoms with E-state index in [2.05, 4.69) is 10.6 Å². The van der Waals surface area contributed by atoms with Crippen LogP contribution >= 0.6 is 0 Å². The van der Waals surface area contributed by atoms with E-state index in [1.165, 1.54) is 25.1 Å². The van der Waals surface area contributed by atoms with Crippen molar-refractivity contribution in [2.24, 2.45) is 0 Å². The Labute approximate surface area is 201 Å². The standard InChI is InChI=1S/C27H23FN2O5/c1-16(26(32)33)13-14-29-25(31)21-11-6-12-23(28)24(21)30-27(34)35-15-22-19-9-4-2-7-17(19)18-8-3-5-10-20(18)22/h2-13,22H,14-15H2,1H3,(H,29,31)(H,30,34)(H,32,33)/b16-13+. The van der Waals surface area contributed by atoms with Gasteiger partial charge in [-0.05, 0) is 41.3 Å². The van der Waals surface area contributed by atoms with Crippen molar-refractivity contribution in [3.8, 4) is 11.1 Å². The molecule has 0 heterocycles. The van der Waals surface area contributed by atoms with Gasteiger partial charge in [0.2, 0.25) is 0 Å². The molecule has 0 radical (unpaired) electrons. The molecule has 3 N–H and O–H groups in total. The average Bonchev–Trinajstić information content (AvgIpc) is 3.17. The summed E-state index contributed by atoms with van der Waals surface area (Å²) in [7, 11) is 0. The van der Waals surface area contributed by atoms with Crippen LogP contribution in [0.3, 0.4) is 0 Å². The summed E-state index contributed by atoms with van der Waals surface area (Å²) in [5.74, 6) is -2.75. The third kappa shape index (κ3) is 5.06. The molecule has 3 aromatic rings. The van der Waals surface area contributed by atoms with Crippen molar-refractivity contribution in [1.82, 2.24) is 5.32 Å². The number of amides is 2. The number of carboxylic acid groups (broad SMARTS) is 1. The monoisotopic (exact) mass is 474 g/mol. The fourth-order valence-electron chi connectivity index (χ4n) is 4.06. The van der Waals surface area contributed by atoms with E-state index < -0.39 is 23.8 Å². The van der Waals surface area contributed by atoms with Crippen molar-refractivity contribution in [3.05, 3.63) is 101 Å². The molecule has 178 valence electrons. The lowest BCUT2D eigenvalue weighted by Crippen LogP contribution is -2.26. The van der Waals surface area contributed by atoms with Gasteiger partial charge in [-0.3, -0.25) is 10.1 Å². The molecular formula is C27H23FN2O5. The van der Waals surface area contributed by atoms with Gasteiger partial charge in [-0.15, -0.1) is 0 Å². The van der Waals surface area contributed by atoms with Crippen molar-refractivity contribution in [2.45, 2.75) is 12.8 Å². The number of anilines is 1. The van der Waals surface area contributed by atoms with E-state index in [-0.39, 0.29) is 35.9 Å². The molecule has 0 saturated heterocycles. The number of benzene rings is 3. The normalized spacial score (nSPS) is 12.5. The van der Waals surface area contributed by atoms with Gasteiger partial charge in [0, 0.05) is 18.0 Å². The molecule has 0 atom stereocenters. The van der Waals surface area contributed by atoms with Gasteiger partial charge in [0.05, 0.1) is 11.3 Å². The molecule has 3 aromatic carbocycles. The molecule has 0 spiro atoms. The number of rotatable bonds is 7. The van der Waals surface area contributed by atoms with Crippen molar-refractivity contribution in [2.75, 3.05) is 18.5 Å². The predicted octanol–water partition coefficient (Wildman–Crippen LogP) is 4.95. The zero-order chi connectivity index (χ0) is 24.9. The molecule has 0 aliphatic heterocycles. The Morgan fingerprint density at radius 3 is 2.23 bits per heavy atom. The van der Waals surface area contributed by atoms with Crippen LogP contribution in [-0.4, -0.2) is 36.2 Å². The van der Waals surface area contributed by atoms with Crippen LogP contribution in [0, 0.1) is 5.82 Å². The molecule has 1 aliphatic rings. The second-order valence-corrected chi connectivity index (χ2v) is 8.02. The number of hydrogen-bond donors (Lipinski definition) is 3.